The molecule has 0 saturated carbocycles. The summed E-state index contributed by atoms with van der Waals surface area (Å²) in [5.74, 6) is 2.78. The number of ether oxygens (including phenoxy) is 2. The number of Topliss-reactive ketones (excluding diaryl/α,β-unsaturated/α-hetero) is 1. The van der Waals surface area contributed by atoms with Gasteiger partial charge in [0.05, 0.1) is 20.8 Å². The van der Waals surface area contributed by atoms with Crippen LogP contribution >= 0.6 is 0 Å². The van der Waals surface area contributed by atoms with Crippen molar-refractivity contribution in [3.63, 3.8) is 0 Å². The Morgan fingerprint density at radius 3 is 2.45 bits per heavy atom. The average Bonchev–Trinajstić information content (AvgIpc) is 2.93. The van der Waals surface area contributed by atoms with Gasteiger partial charge in [-0.1, -0.05) is 29.8 Å². The Bertz CT molecular complexity index is 1060. The number of nitrogens with zero attached hydrogens (tertiary/aromatic N) is 2. The molecule has 5 nitrogen and oxygen atoms in total. The predicted molar refractivity (Wildman–Crippen MR) is 116 cm³/mol. The molecule has 2 heterocycles. The summed E-state index contributed by atoms with van der Waals surface area (Å²) >= 11 is 0. The van der Waals surface area contributed by atoms with Crippen molar-refractivity contribution in [3.8, 4) is 22.8 Å². The van der Waals surface area contributed by atoms with Gasteiger partial charge in [-0.3, -0.25) is 4.79 Å². The van der Waals surface area contributed by atoms with Crippen LogP contribution in [-0.4, -0.2) is 24.6 Å². The maximum atomic E-state index is 13.0. The Labute approximate surface area is 194 Å². The molecule has 4 rings (SSSR count). The van der Waals surface area contributed by atoms with Crippen molar-refractivity contribution in [1.82, 2.24) is 4.57 Å². The fourth-order valence-corrected chi connectivity index (χ4v) is 4.19. The van der Waals surface area contributed by atoms with Gasteiger partial charge in [-0.25, -0.2) is 9.13 Å². The number of carbonyl (C=O) groups is 1. The number of fused-ring (bicyclic) bond motifs is 1. The fraction of sp³-hybridized carbons (Fsp3) is 0.360. The van der Waals surface area contributed by atoms with Crippen molar-refractivity contribution in [2.75, 3.05) is 14.2 Å². The van der Waals surface area contributed by atoms with Gasteiger partial charge < -0.3 is 26.5 Å². The van der Waals surface area contributed by atoms with Crippen LogP contribution in [0, 0.1) is 6.92 Å². The lowest BCUT2D eigenvalue weighted by atomic mass is 10.1. The average molecular weight is 485 g/mol. The van der Waals surface area contributed by atoms with Crippen molar-refractivity contribution < 1.29 is 35.8 Å². The molecule has 0 N–H and O–H groups in total. The minimum absolute atomic E-state index is 0. The van der Waals surface area contributed by atoms with E-state index in [1.165, 1.54) is 12.2 Å². The Hall–Kier alpha value is -2.60. The number of hydrogen-bond acceptors (Lipinski definition) is 3. The van der Waals surface area contributed by atoms with E-state index >= 15 is 0 Å². The molecular formula is C25H29BrN2O3. The first-order valence-corrected chi connectivity index (χ1v) is 10.5. The SMILES string of the molecule is COc1ccc(-c2c[n+](CC(=O)c3ccc(C)cc3)c3n2CCCCC3)cc1OC.[Br-]. The number of imidazole rings is 1. The molecule has 164 valence electrons. The second-order valence-electron chi connectivity index (χ2n) is 7.88. The molecule has 0 atom stereocenters. The molecule has 0 unspecified atom stereocenters. The summed E-state index contributed by atoms with van der Waals surface area (Å²) in [5.41, 5.74) is 4.10. The molecule has 0 spiro atoms. The van der Waals surface area contributed by atoms with Crippen molar-refractivity contribution in [2.45, 2.75) is 45.7 Å². The van der Waals surface area contributed by atoms with E-state index in [9.17, 15) is 4.79 Å². The zero-order valence-electron chi connectivity index (χ0n) is 18.4. The summed E-state index contributed by atoms with van der Waals surface area (Å²) in [6, 6.07) is 13.8. The number of hydrogen-bond donors (Lipinski definition) is 0. The molecule has 2 aromatic carbocycles. The summed E-state index contributed by atoms with van der Waals surface area (Å²) in [7, 11) is 3.30. The van der Waals surface area contributed by atoms with E-state index in [4.69, 9.17) is 9.47 Å². The van der Waals surface area contributed by atoms with Crippen molar-refractivity contribution >= 4 is 5.78 Å². The minimum atomic E-state index is 0. The number of halogens is 1. The lowest BCUT2D eigenvalue weighted by Crippen LogP contribution is -3.00. The van der Waals surface area contributed by atoms with Gasteiger partial charge in [0.1, 0.15) is 6.20 Å². The van der Waals surface area contributed by atoms with Crippen LogP contribution in [-0.2, 0) is 19.5 Å². The first-order chi connectivity index (χ1) is 14.6. The summed E-state index contributed by atoms with van der Waals surface area (Å²) in [6.45, 7) is 3.35. The fourth-order valence-electron chi connectivity index (χ4n) is 4.19. The normalized spacial score (nSPS) is 13.0. The number of methoxy groups -OCH3 is 2. The van der Waals surface area contributed by atoms with Crippen LogP contribution < -0.4 is 31.0 Å². The molecule has 1 aromatic heterocycles. The zero-order chi connectivity index (χ0) is 21.1. The molecule has 0 radical (unpaired) electrons. The van der Waals surface area contributed by atoms with Crippen LogP contribution in [0.1, 0.15) is 41.0 Å². The second kappa shape index (κ2) is 10.1. The number of aryl methyl sites for hydroxylation is 1. The number of rotatable bonds is 6. The summed E-state index contributed by atoms with van der Waals surface area (Å²) in [4.78, 5) is 13.0. The molecule has 0 aliphatic carbocycles. The Kier molecular flexibility index (Phi) is 7.55. The molecule has 0 bridgehead atoms. The number of aromatic nitrogens is 2. The van der Waals surface area contributed by atoms with Gasteiger partial charge in [-0.2, -0.15) is 0 Å². The van der Waals surface area contributed by atoms with Gasteiger partial charge in [-0.05, 0) is 44.4 Å². The Balaban J connectivity index is 0.00000272. The summed E-state index contributed by atoms with van der Waals surface area (Å²) in [6.07, 6.45) is 6.60. The van der Waals surface area contributed by atoms with E-state index in [-0.39, 0.29) is 22.8 Å². The smallest absolute Gasteiger partial charge is 0.257 e. The Morgan fingerprint density at radius 2 is 1.74 bits per heavy atom. The number of ketones is 1. The molecule has 1 aliphatic rings. The van der Waals surface area contributed by atoms with Crippen LogP contribution in [0.2, 0.25) is 0 Å². The zero-order valence-corrected chi connectivity index (χ0v) is 19.9. The summed E-state index contributed by atoms with van der Waals surface area (Å²) in [5, 5.41) is 0. The number of benzene rings is 2. The van der Waals surface area contributed by atoms with E-state index in [1.807, 2.05) is 43.3 Å². The highest BCUT2D eigenvalue weighted by molar-refractivity contribution is 5.95. The van der Waals surface area contributed by atoms with Gasteiger partial charge in [0.2, 0.25) is 5.78 Å². The van der Waals surface area contributed by atoms with Gasteiger partial charge in [-0.15, -0.1) is 0 Å². The third-order valence-electron chi connectivity index (χ3n) is 5.86. The lowest BCUT2D eigenvalue weighted by molar-refractivity contribution is -0.690. The molecule has 0 saturated heterocycles. The molecular weight excluding hydrogens is 456 g/mol. The van der Waals surface area contributed by atoms with Gasteiger partial charge >= 0.3 is 0 Å². The van der Waals surface area contributed by atoms with E-state index in [1.54, 1.807) is 14.2 Å². The van der Waals surface area contributed by atoms with E-state index in [2.05, 4.69) is 21.4 Å². The second-order valence-corrected chi connectivity index (χ2v) is 7.88. The monoisotopic (exact) mass is 484 g/mol. The van der Waals surface area contributed by atoms with Crippen LogP contribution in [0.15, 0.2) is 48.7 Å². The van der Waals surface area contributed by atoms with E-state index < -0.39 is 0 Å². The largest absolute Gasteiger partial charge is 1.00 e. The lowest BCUT2D eigenvalue weighted by Gasteiger charge is -2.09. The van der Waals surface area contributed by atoms with E-state index in [0.717, 1.165) is 48.2 Å². The first-order valence-electron chi connectivity index (χ1n) is 10.5. The van der Waals surface area contributed by atoms with Crippen LogP contribution in [0.4, 0.5) is 0 Å². The minimum Gasteiger partial charge on any atom is -1.00 e. The highest BCUT2D eigenvalue weighted by Crippen LogP contribution is 2.33. The van der Waals surface area contributed by atoms with Crippen LogP contribution in [0.3, 0.4) is 0 Å². The number of carbonyl (C=O) groups excluding carboxylic acids is 1. The topological polar surface area (TPSA) is 44.3 Å². The molecule has 31 heavy (non-hydrogen) atoms. The van der Waals surface area contributed by atoms with Crippen molar-refractivity contribution in [1.29, 1.82) is 0 Å². The molecule has 0 fully saturated rings. The molecule has 1 aliphatic heterocycles. The van der Waals surface area contributed by atoms with Crippen molar-refractivity contribution in [3.05, 3.63) is 65.6 Å². The maximum absolute atomic E-state index is 13.0. The molecule has 3 aromatic rings. The van der Waals surface area contributed by atoms with Gasteiger partial charge in [0, 0.05) is 17.5 Å². The summed E-state index contributed by atoms with van der Waals surface area (Å²) < 4.78 is 15.4. The van der Waals surface area contributed by atoms with Crippen LogP contribution in [0.5, 0.6) is 11.5 Å². The van der Waals surface area contributed by atoms with E-state index in [0.29, 0.717) is 18.0 Å². The van der Waals surface area contributed by atoms with Crippen molar-refractivity contribution in [2.24, 2.45) is 0 Å². The van der Waals surface area contributed by atoms with Gasteiger partial charge in [0.15, 0.2) is 23.7 Å². The molecule has 0 amide bonds. The highest BCUT2D eigenvalue weighted by atomic mass is 79.9. The van der Waals surface area contributed by atoms with Gasteiger partial charge in [0.25, 0.3) is 5.82 Å². The van der Waals surface area contributed by atoms with Crippen LogP contribution in [0.25, 0.3) is 11.3 Å². The Morgan fingerprint density at radius 1 is 1.00 bits per heavy atom. The predicted octanol–water partition coefficient (Wildman–Crippen LogP) is 1.38. The standard InChI is InChI=1S/C25H29N2O3.BrH/c1-18-8-10-19(11-9-18)22(28)17-26-16-21(27-14-6-4-5-7-25(26)27)20-12-13-23(29-2)24(15-20)30-3;/h8-13,15-16H,4-7,14,17H2,1-3H3;1H/q+1;/p-1. The quantitative estimate of drug-likeness (QED) is 0.392. The third kappa shape index (κ3) is 4.85. The molecule has 6 heteroatoms. The third-order valence-corrected chi connectivity index (χ3v) is 5.86. The first kappa shape index (κ1) is 23.1. The highest BCUT2D eigenvalue weighted by Gasteiger charge is 2.27. The maximum Gasteiger partial charge on any atom is 0.257 e.